The first-order valence-corrected chi connectivity index (χ1v) is 8.04. The summed E-state index contributed by atoms with van der Waals surface area (Å²) in [5.74, 6) is 1.70. The Morgan fingerprint density at radius 3 is 2.76 bits per heavy atom. The van der Waals surface area contributed by atoms with E-state index in [0.717, 1.165) is 48.0 Å². The third kappa shape index (κ3) is 3.91. The maximum atomic E-state index is 5.26. The van der Waals surface area contributed by atoms with E-state index in [1.165, 1.54) is 0 Å². The van der Waals surface area contributed by atoms with Crippen molar-refractivity contribution in [3.8, 4) is 0 Å². The van der Waals surface area contributed by atoms with Crippen LogP contribution >= 0.6 is 15.9 Å². The van der Waals surface area contributed by atoms with Gasteiger partial charge in [0.15, 0.2) is 0 Å². The van der Waals surface area contributed by atoms with E-state index in [2.05, 4.69) is 52.1 Å². The third-order valence-electron chi connectivity index (χ3n) is 3.71. The molecule has 1 aromatic rings. The molecule has 1 aromatic heterocycles. The molecule has 0 bridgehead atoms. The molecule has 1 saturated heterocycles. The summed E-state index contributed by atoms with van der Waals surface area (Å²) < 4.78 is 6.15. The highest BCUT2D eigenvalue weighted by molar-refractivity contribution is 9.10. The molecule has 6 nitrogen and oxygen atoms in total. The van der Waals surface area contributed by atoms with E-state index in [-0.39, 0.29) is 6.04 Å². The summed E-state index contributed by atoms with van der Waals surface area (Å²) in [4.78, 5) is 14.1. The summed E-state index contributed by atoms with van der Waals surface area (Å²) >= 11 is 3.58. The van der Waals surface area contributed by atoms with Crippen LogP contribution in [0, 0.1) is 0 Å². The average Bonchev–Trinajstić information content (AvgIpc) is 2.46. The number of aromatic nitrogens is 2. The maximum absolute atomic E-state index is 5.26. The standard InChI is InChI=1S/C14H24BrN5O/c1-5-16-14-12(15)10(9-21-4)17-13(18-14)11-8-19(2)6-7-20(11)3/h11H,5-9H2,1-4H3,(H,16,17,18). The van der Waals surface area contributed by atoms with E-state index < -0.39 is 0 Å². The number of anilines is 1. The van der Waals surface area contributed by atoms with Crippen molar-refractivity contribution in [1.82, 2.24) is 19.8 Å². The Balaban J connectivity index is 2.37. The zero-order valence-corrected chi connectivity index (χ0v) is 14.8. The number of hydrogen-bond acceptors (Lipinski definition) is 6. The Labute approximate surface area is 135 Å². The number of likely N-dealkylation sites (N-methyl/N-ethyl adjacent to an activating group) is 2. The number of methoxy groups -OCH3 is 1. The van der Waals surface area contributed by atoms with Gasteiger partial charge in [-0.25, -0.2) is 9.97 Å². The molecule has 7 heteroatoms. The highest BCUT2D eigenvalue weighted by Gasteiger charge is 2.27. The average molecular weight is 358 g/mol. The first-order chi connectivity index (χ1) is 10.1. The number of hydrogen-bond donors (Lipinski definition) is 1. The normalized spacial score (nSPS) is 20.7. The zero-order valence-electron chi connectivity index (χ0n) is 13.2. The predicted octanol–water partition coefficient (Wildman–Crippen LogP) is 1.74. The molecule has 0 aromatic carbocycles. The molecule has 2 rings (SSSR count). The van der Waals surface area contributed by atoms with Gasteiger partial charge >= 0.3 is 0 Å². The molecule has 0 saturated carbocycles. The third-order valence-corrected chi connectivity index (χ3v) is 4.54. The fraction of sp³-hybridized carbons (Fsp3) is 0.714. The minimum absolute atomic E-state index is 0.213. The lowest BCUT2D eigenvalue weighted by atomic mass is 10.1. The second kappa shape index (κ2) is 7.49. The molecule has 21 heavy (non-hydrogen) atoms. The molecule has 1 unspecified atom stereocenters. The molecule has 0 radical (unpaired) electrons. The largest absolute Gasteiger partial charge is 0.378 e. The van der Waals surface area contributed by atoms with E-state index in [0.29, 0.717) is 6.61 Å². The van der Waals surface area contributed by atoms with Gasteiger partial charge in [0.1, 0.15) is 11.6 Å². The van der Waals surface area contributed by atoms with E-state index in [4.69, 9.17) is 14.7 Å². The molecule has 118 valence electrons. The van der Waals surface area contributed by atoms with Gasteiger partial charge < -0.3 is 15.0 Å². The van der Waals surface area contributed by atoms with Crippen LogP contribution in [0.25, 0.3) is 0 Å². The van der Waals surface area contributed by atoms with Gasteiger partial charge in [-0.15, -0.1) is 0 Å². The molecule has 0 spiro atoms. The van der Waals surface area contributed by atoms with Crippen LogP contribution in [-0.4, -0.2) is 67.2 Å². The Morgan fingerprint density at radius 1 is 1.33 bits per heavy atom. The molecule has 0 aliphatic carbocycles. The van der Waals surface area contributed by atoms with Crippen molar-refractivity contribution in [2.45, 2.75) is 19.6 Å². The van der Waals surface area contributed by atoms with Gasteiger partial charge in [-0.1, -0.05) is 0 Å². The van der Waals surface area contributed by atoms with Crippen molar-refractivity contribution in [2.75, 3.05) is 52.7 Å². The van der Waals surface area contributed by atoms with Gasteiger partial charge in [0.05, 0.1) is 22.8 Å². The topological polar surface area (TPSA) is 53.5 Å². The Morgan fingerprint density at radius 2 is 2.10 bits per heavy atom. The highest BCUT2D eigenvalue weighted by atomic mass is 79.9. The number of nitrogens with one attached hydrogen (secondary N) is 1. The summed E-state index contributed by atoms with van der Waals surface area (Å²) in [6, 6.07) is 0.213. The quantitative estimate of drug-likeness (QED) is 0.865. The molecule has 1 atom stereocenters. The van der Waals surface area contributed by atoms with Crippen LogP contribution in [0.2, 0.25) is 0 Å². The molecule has 1 aliphatic rings. The van der Waals surface area contributed by atoms with Crippen LogP contribution in [0.1, 0.15) is 24.5 Å². The van der Waals surface area contributed by atoms with Crippen LogP contribution < -0.4 is 5.32 Å². The van der Waals surface area contributed by atoms with Gasteiger partial charge in [0.2, 0.25) is 0 Å². The summed E-state index contributed by atoms with van der Waals surface area (Å²) in [7, 11) is 5.95. The van der Waals surface area contributed by atoms with Gasteiger partial charge in [-0.2, -0.15) is 0 Å². The van der Waals surface area contributed by atoms with E-state index >= 15 is 0 Å². The smallest absolute Gasteiger partial charge is 0.149 e. The minimum Gasteiger partial charge on any atom is -0.378 e. The van der Waals surface area contributed by atoms with Crippen molar-refractivity contribution in [3.63, 3.8) is 0 Å². The lowest BCUT2D eigenvalue weighted by molar-refractivity contribution is 0.109. The number of ether oxygens (including phenoxy) is 1. The summed E-state index contributed by atoms with van der Waals surface area (Å²) in [5, 5.41) is 3.29. The second-order valence-corrected chi connectivity index (χ2v) is 6.21. The SMILES string of the molecule is CCNc1nc(C2CN(C)CCN2C)nc(COC)c1Br. The first kappa shape index (κ1) is 16.6. The Bertz CT molecular complexity index is 457. The predicted molar refractivity (Wildman–Crippen MR) is 87.5 cm³/mol. The van der Waals surface area contributed by atoms with Gasteiger partial charge in [-0.3, -0.25) is 4.90 Å². The molecule has 2 heterocycles. The second-order valence-electron chi connectivity index (χ2n) is 5.41. The summed E-state index contributed by atoms with van der Waals surface area (Å²) in [6.07, 6.45) is 0. The molecule has 1 N–H and O–H groups in total. The van der Waals surface area contributed by atoms with Crippen molar-refractivity contribution >= 4 is 21.7 Å². The summed E-state index contributed by atoms with van der Waals surface area (Å²) in [5.41, 5.74) is 0.889. The Kier molecular flexibility index (Phi) is 5.92. The first-order valence-electron chi connectivity index (χ1n) is 7.24. The van der Waals surface area contributed by atoms with Gasteiger partial charge in [0, 0.05) is 33.3 Å². The van der Waals surface area contributed by atoms with Crippen molar-refractivity contribution in [2.24, 2.45) is 0 Å². The van der Waals surface area contributed by atoms with Crippen LogP contribution in [0.15, 0.2) is 4.47 Å². The number of piperazine rings is 1. The fourth-order valence-electron chi connectivity index (χ4n) is 2.47. The molecular formula is C14H24BrN5O. The van der Waals surface area contributed by atoms with Crippen molar-refractivity contribution in [3.05, 3.63) is 16.0 Å². The van der Waals surface area contributed by atoms with E-state index in [1.807, 2.05) is 0 Å². The number of halogens is 1. The fourth-order valence-corrected chi connectivity index (χ4v) is 2.90. The van der Waals surface area contributed by atoms with Crippen LogP contribution in [-0.2, 0) is 11.3 Å². The minimum atomic E-state index is 0.213. The van der Waals surface area contributed by atoms with Gasteiger partial charge in [0.25, 0.3) is 0 Å². The van der Waals surface area contributed by atoms with Crippen LogP contribution in [0.3, 0.4) is 0 Å². The number of nitrogens with zero attached hydrogens (tertiary/aromatic N) is 4. The van der Waals surface area contributed by atoms with Crippen LogP contribution in [0.4, 0.5) is 5.82 Å². The molecule has 1 fully saturated rings. The van der Waals surface area contributed by atoms with Crippen molar-refractivity contribution < 1.29 is 4.74 Å². The lowest BCUT2D eigenvalue weighted by Crippen LogP contribution is -2.45. The number of rotatable bonds is 5. The van der Waals surface area contributed by atoms with E-state index in [1.54, 1.807) is 7.11 Å². The molecule has 1 aliphatic heterocycles. The highest BCUT2D eigenvalue weighted by Crippen LogP contribution is 2.28. The molecular weight excluding hydrogens is 334 g/mol. The zero-order chi connectivity index (χ0) is 15.4. The van der Waals surface area contributed by atoms with E-state index in [9.17, 15) is 0 Å². The monoisotopic (exact) mass is 357 g/mol. The molecule has 0 amide bonds. The Hall–Kier alpha value is -0.760. The maximum Gasteiger partial charge on any atom is 0.149 e. The lowest BCUT2D eigenvalue weighted by Gasteiger charge is -2.36. The van der Waals surface area contributed by atoms with Crippen LogP contribution in [0.5, 0.6) is 0 Å². The van der Waals surface area contributed by atoms with Crippen molar-refractivity contribution in [1.29, 1.82) is 0 Å². The summed E-state index contributed by atoms with van der Waals surface area (Å²) in [6.45, 7) is 6.40. The van der Waals surface area contributed by atoms with Gasteiger partial charge in [-0.05, 0) is 36.9 Å².